The van der Waals surface area contributed by atoms with Crippen molar-refractivity contribution in [2.45, 2.75) is 6.18 Å². The van der Waals surface area contributed by atoms with Gasteiger partial charge in [-0.25, -0.2) is 9.18 Å². The molecule has 2 aromatic carbocycles. The lowest BCUT2D eigenvalue weighted by atomic mass is 10.0. The Hall–Kier alpha value is -4.22. The molecule has 8 nitrogen and oxygen atoms in total. The van der Waals surface area contributed by atoms with E-state index >= 15 is 0 Å². The SMILES string of the molecule is O=C(CNC(=O)n1cc(-c2ccccc2)cn1)N1CCN(C(=O)c2cc(F)ccc2C(F)(F)F)CC1. The van der Waals surface area contributed by atoms with Crippen LogP contribution in [-0.2, 0) is 11.0 Å². The molecular weight excluding hydrogens is 482 g/mol. The number of hydrogen-bond acceptors (Lipinski definition) is 4. The second kappa shape index (κ2) is 10.2. The maximum Gasteiger partial charge on any atom is 0.417 e. The molecule has 36 heavy (non-hydrogen) atoms. The fourth-order valence-electron chi connectivity index (χ4n) is 3.83. The fourth-order valence-corrected chi connectivity index (χ4v) is 3.83. The number of nitrogens with zero attached hydrogens (tertiary/aromatic N) is 4. The molecular formula is C24H21F4N5O3. The highest BCUT2D eigenvalue weighted by atomic mass is 19.4. The summed E-state index contributed by atoms with van der Waals surface area (Å²) in [5.41, 5.74) is -0.390. The van der Waals surface area contributed by atoms with Crippen molar-refractivity contribution in [3.63, 3.8) is 0 Å². The van der Waals surface area contributed by atoms with Crippen LogP contribution < -0.4 is 5.32 Å². The summed E-state index contributed by atoms with van der Waals surface area (Å²) in [6.07, 6.45) is -1.76. The molecule has 2 heterocycles. The molecule has 1 N–H and O–H groups in total. The van der Waals surface area contributed by atoms with Crippen LogP contribution in [0, 0.1) is 5.82 Å². The van der Waals surface area contributed by atoms with Crippen LogP contribution in [0.25, 0.3) is 11.1 Å². The van der Waals surface area contributed by atoms with E-state index in [1.165, 1.54) is 17.3 Å². The summed E-state index contributed by atoms with van der Waals surface area (Å²) in [4.78, 5) is 40.1. The van der Waals surface area contributed by atoms with Crippen LogP contribution in [0.5, 0.6) is 0 Å². The Labute approximate surface area is 203 Å². The van der Waals surface area contributed by atoms with Crippen LogP contribution in [0.3, 0.4) is 0 Å². The Morgan fingerprint density at radius 3 is 2.25 bits per heavy atom. The quantitative estimate of drug-likeness (QED) is 0.554. The summed E-state index contributed by atoms with van der Waals surface area (Å²) in [7, 11) is 0. The predicted octanol–water partition coefficient (Wildman–Crippen LogP) is 3.25. The van der Waals surface area contributed by atoms with Gasteiger partial charge in [0, 0.05) is 37.9 Å². The molecule has 0 bridgehead atoms. The molecule has 0 saturated carbocycles. The van der Waals surface area contributed by atoms with E-state index in [-0.39, 0.29) is 32.7 Å². The zero-order chi connectivity index (χ0) is 25.9. The number of hydrogen-bond donors (Lipinski definition) is 1. The predicted molar refractivity (Wildman–Crippen MR) is 120 cm³/mol. The maximum atomic E-state index is 13.6. The number of piperazine rings is 1. The smallest absolute Gasteiger partial charge is 0.338 e. The maximum absolute atomic E-state index is 13.6. The van der Waals surface area contributed by atoms with Gasteiger partial charge in [-0.05, 0) is 23.8 Å². The van der Waals surface area contributed by atoms with Crippen molar-refractivity contribution in [2.24, 2.45) is 0 Å². The lowest BCUT2D eigenvalue weighted by Crippen LogP contribution is -2.53. The van der Waals surface area contributed by atoms with Crippen LogP contribution >= 0.6 is 0 Å². The molecule has 12 heteroatoms. The van der Waals surface area contributed by atoms with E-state index < -0.39 is 41.0 Å². The van der Waals surface area contributed by atoms with Crippen molar-refractivity contribution in [3.8, 4) is 11.1 Å². The van der Waals surface area contributed by atoms with E-state index in [1.807, 2.05) is 30.3 Å². The third-order valence-corrected chi connectivity index (χ3v) is 5.73. The molecule has 188 valence electrons. The lowest BCUT2D eigenvalue weighted by Gasteiger charge is -2.35. The van der Waals surface area contributed by atoms with Gasteiger partial charge in [-0.3, -0.25) is 9.59 Å². The van der Waals surface area contributed by atoms with Crippen LogP contribution in [0.15, 0.2) is 60.9 Å². The van der Waals surface area contributed by atoms with Gasteiger partial charge in [0.2, 0.25) is 5.91 Å². The molecule has 0 atom stereocenters. The third kappa shape index (κ3) is 5.53. The van der Waals surface area contributed by atoms with Crippen LogP contribution in [0.4, 0.5) is 22.4 Å². The van der Waals surface area contributed by atoms with E-state index in [2.05, 4.69) is 10.4 Å². The Morgan fingerprint density at radius 1 is 0.917 bits per heavy atom. The third-order valence-electron chi connectivity index (χ3n) is 5.73. The molecule has 4 rings (SSSR count). The summed E-state index contributed by atoms with van der Waals surface area (Å²) in [5.74, 6) is -2.34. The highest BCUT2D eigenvalue weighted by molar-refractivity contribution is 5.96. The molecule has 0 spiro atoms. The number of rotatable bonds is 4. The summed E-state index contributed by atoms with van der Waals surface area (Å²) < 4.78 is 54.4. The Kier molecular flexibility index (Phi) is 7.04. The highest BCUT2D eigenvalue weighted by Crippen LogP contribution is 2.33. The molecule has 1 aliphatic heterocycles. The van der Waals surface area contributed by atoms with E-state index in [0.717, 1.165) is 20.7 Å². The second-order valence-electron chi connectivity index (χ2n) is 8.06. The summed E-state index contributed by atoms with van der Waals surface area (Å²) in [5, 5.41) is 6.47. The summed E-state index contributed by atoms with van der Waals surface area (Å²) >= 11 is 0. The van der Waals surface area contributed by atoms with E-state index in [0.29, 0.717) is 18.2 Å². The van der Waals surface area contributed by atoms with Crippen molar-refractivity contribution in [2.75, 3.05) is 32.7 Å². The minimum Gasteiger partial charge on any atom is -0.338 e. The number of halogens is 4. The standard InChI is InChI=1S/C24H21F4N5O3/c25-18-6-7-20(24(26,27)28)19(12-18)22(35)32-10-8-31(9-11-32)21(34)14-29-23(36)33-15-17(13-30-33)16-4-2-1-3-5-16/h1-7,12-13,15H,8-11,14H2,(H,29,36). The molecule has 3 amide bonds. The highest BCUT2D eigenvalue weighted by Gasteiger charge is 2.37. The van der Waals surface area contributed by atoms with Crippen molar-refractivity contribution in [1.29, 1.82) is 0 Å². The van der Waals surface area contributed by atoms with Crippen LogP contribution in [0.1, 0.15) is 15.9 Å². The zero-order valence-electron chi connectivity index (χ0n) is 18.8. The van der Waals surface area contributed by atoms with Gasteiger partial charge in [-0.1, -0.05) is 30.3 Å². The lowest BCUT2D eigenvalue weighted by molar-refractivity contribution is -0.138. The van der Waals surface area contributed by atoms with Gasteiger partial charge in [0.25, 0.3) is 5.91 Å². The molecule has 1 aliphatic rings. The van der Waals surface area contributed by atoms with Gasteiger partial charge < -0.3 is 15.1 Å². The minimum absolute atomic E-state index is 0.0358. The normalized spacial score (nSPS) is 14.0. The monoisotopic (exact) mass is 503 g/mol. The molecule has 0 radical (unpaired) electrons. The van der Waals surface area contributed by atoms with Gasteiger partial charge >= 0.3 is 12.2 Å². The van der Waals surface area contributed by atoms with E-state index in [9.17, 15) is 31.9 Å². The van der Waals surface area contributed by atoms with Crippen LogP contribution in [0.2, 0.25) is 0 Å². The van der Waals surface area contributed by atoms with E-state index in [4.69, 9.17) is 0 Å². The summed E-state index contributed by atoms with van der Waals surface area (Å²) in [6, 6.07) is 10.4. The fraction of sp³-hybridized carbons (Fsp3) is 0.250. The molecule has 1 saturated heterocycles. The Morgan fingerprint density at radius 2 is 1.58 bits per heavy atom. The second-order valence-corrected chi connectivity index (χ2v) is 8.06. The van der Waals surface area contributed by atoms with Crippen molar-refractivity contribution < 1.29 is 31.9 Å². The van der Waals surface area contributed by atoms with Gasteiger partial charge in [0.15, 0.2) is 0 Å². The van der Waals surface area contributed by atoms with Gasteiger partial charge in [0.05, 0.1) is 23.9 Å². The average Bonchev–Trinajstić information content (AvgIpc) is 3.37. The molecule has 3 aromatic rings. The van der Waals surface area contributed by atoms with Crippen molar-refractivity contribution >= 4 is 17.8 Å². The molecule has 1 aromatic heterocycles. The first-order chi connectivity index (χ1) is 17.1. The first-order valence-corrected chi connectivity index (χ1v) is 11.0. The van der Waals surface area contributed by atoms with E-state index in [1.54, 1.807) is 0 Å². The number of carbonyl (C=O) groups is 3. The first-order valence-electron chi connectivity index (χ1n) is 11.0. The van der Waals surface area contributed by atoms with Gasteiger partial charge in [-0.15, -0.1) is 0 Å². The van der Waals surface area contributed by atoms with Gasteiger partial charge in [-0.2, -0.15) is 23.0 Å². The van der Waals surface area contributed by atoms with Gasteiger partial charge in [0.1, 0.15) is 5.82 Å². The average molecular weight is 503 g/mol. The van der Waals surface area contributed by atoms with Crippen molar-refractivity contribution in [1.82, 2.24) is 24.9 Å². The Balaban J connectivity index is 1.30. The molecule has 0 aliphatic carbocycles. The van der Waals surface area contributed by atoms with Crippen molar-refractivity contribution in [3.05, 3.63) is 77.9 Å². The number of carbonyl (C=O) groups excluding carboxylic acids is 3. The number of benzene rings is 2. The zero-order valence-corrected chi connectivity index (χ0v) is 18.8. The first kappa shape index (κ1) is 24.9. The minimum atomic E-state index is -4.81. The number of alkyl halides is 3. The Bertz CT molecular complexity index is 1270. The van der Waals surface area contributed by atoms with Crippen LogP contribution in [-0.4, -0.2) is 70.1 Å². The summed E-state index contributed by atoms with van der Waals surface area (Å²) in [6.45, 7) is -0.290. The largest absolute Gasteiger partial charge is 0.417 e. The number of aromatic nitrogens is 2. The molecule has 0 unspecified atom stereocenters. The topological polar surface area (TPSA) is 87.5 Å². The number of nitrogens with one attached hydrogen (secondary N) is 1. The number of amides is 3. The molecule has 1 fully saturated rings.